The molecule has 2 rings (SSSR count). The molecule has 2 N–H and O–H groups in total. The average Bonchev–Trinajstić information content (AvgIpc) is 2.76. The molecule has 1 aromatic rings. The monoisotopic (exact) mass is 275 g/mol. The van der Waals surface area contributed by atoms with Gasteiger partial charge in [0.1, 0.15) is 0 Å². The van der Waals surface area contributed by atoms with Crippen molar-refractivity contribution in [3.05, 3.63) is 29.8 Å². The number of nitrogens with one attached hydrogen (secondary N) is 1. The molecule has 5 nitrogen and oxygen atoms in total. The number of anilines is 1. The molecule has 0 radical (unpaired) electrons. The Kier molecular flexibility index (Phi) is 4.98. The van der Waals surface area contributed by atoms with Gasteiger partial charge in [0.05, 0.1) is 5.71 Å². The molecule has 0 bridgehead atoms. The number of benzene rings is 1. The first-order valence-electron chi connectivity index (χ1n) is 7.06. The number of carbonyl (C=O) groups is 1. The van der Waals surface area contributed by atoms with Gasteiger partial charge < -0.3 is 15.4 Å². The van der Waals surface area contributed by atoms with Crippen molar-refractivity contribution in [1.82, 2.24) is 4.90 Å². The van der Waals surface area contributed by atoms with E-state index in [0.29, 0.717) is 5.71 Å². The van der Waals surface area contributed by atoms with Crippen molar-refractivity contribution < 1.29 is 10.0 Å². The maximum atomic E-state index is 12.1. The summed E-state index contributed by atoms with van der Waals surface area (Å²) >= 11 is 0. The molecule has 1 aromatic carbocycles. The summed E-state index contributed by atoms with van der Waals surface area (Å²) in [4.78, 5) is 14.0. The van der Waals surface area contributed by atoms with Crippen molar-refractivity contribution in [2.24, 2.45) is 5.16 Å². The van der Waals surface area contributed by atoms with Gasteiger partial charge >= 0.3 is 6.03 Å². The second-order valence-electron chi connectivity index (χ2n) is 5.09. The molecule has 0 spiro atoms. The highest BCUT2D eigenvalue weighted by atomic mass is 16.4. The van der Waals surface area contributed by atoms with Crippen LogP contribution < -0.4 is 5.32 Å². The van der Waals surface area contributed by atoms with Crippen molar-refractivity contribution in [2.75, 3.05) is 18.4 Å². The summed E-state index contributed by atoms with van der Waals surface area (Å²) in [7, 11) is 0. The van der Waals surface area contributed by atoms with Gasteiger partial charge in [-0.2, -0.15) is 0 Å². The molecule has 0 aromatic heterocycles. The first-order chi connectivity index (χ1) is 9.70. The van der Waals surface area contributed by atoms with Crippen molar-refractivity contribution in [1.29, 1.82) is 0 Å². The van der Waals surface area contributed by atoms with Crippen LogP contribution in [0.3, 0.4) is 0 Å². The fraction of sp³-hybridized carbons (Fsp3) is 0.467. The zero-order chi connectivity index (χ0) is 14.4. The Labute approximate surface area is 119 Å². The SMILES string of the molecule is CC(=NO)c1ccc(NC(=O)N2CCCCCC2)cc1. The molecule has 1 heterocycles. The summed E-state index contributed by atoms with van der Waals surface area (Å²) in [5, 5.41) is 14.8. The number of oxime groups is 1. The summed E-state index contributed by atoms with van der Waals surface area (Å²) in [6.45, 7) is 3.39. The first kappa shape index (κ1) is 14.4. The highest BCUT2D eigenvalue weighted by Gasteiger charge is 2.15. The second kappa shape index (κ2) is 6.93. The molecular formula is C15H21N3O2. The fourth-order valence-electron chi connectivity index (χ4n) is 2.33. The number of likely N-dealkylation sites (tertiary alicyclic amines) is 1. The minimum Gasteiger partial charge on any atom is -0.411 e. The molecule has 20 heavy (non-hydrogen) atoms. The molecular weight excluding hydrogens is 254 g/mol. The predicted molar refractivity (Wildman–Crippen MR) is 79.5 cm³/mol. The molecule has 108 valence electrons. The minimum atomic E-state index is -0.0350. The van der Waals surface area contributed by atoms with Crippen molar-refractivity contribution in [2.45, 2.75) is 32.6 Å². The summed E-state index contributed by atoms with van der Waals surface area (Å²) in [5.41, 5.74) is 2.14. The van der Waals surface area contributed by atoms with Gasteiger partial charge in [-0.05, 0) is 37.5 Å². The maximum Gasteiger partial charge on any atom is 0.321 e. The number of amides is 2. The van der Waals surface area contributed by atoms with Crippen LogP contribution >= 0.6 is 0 Å². The zero-order valence-corrected chi connectivity index (χ0v) is 11.8. The Balaban J connectivity index is 1.97. The molecule has 0 unspecified atom stereocenters. The van der Waals surface area contributed by atoms with Crippen molar-refractivity contribution in [3.8, 4) is 0 Å². The van der Waals surface area contributed by atoms with Crippen LogP contribution in [-0.4, -0.2) is 34.9 Å². The first-order valence-corrected chi connectivity index (χ1v) is 7.06. The third kappa shape index (κ3) is 3.73. The molecule has 0 aliphatic carbocycles. The van der Waals surface area contributed by atoms with E-state index < -0.39 is 0 Å². The van der Waals surface area contributed by atoms with Gasteiger partial charge in [-0.25, -0.2) is 4.79 Å². The smallest absolute Gasteiger partial charge is 0.321 e. The summed E-state index contributed by atoms with van der Waals surface area (Å²) in [6.07, 6.45) is 4.58. The van der Waals surface area contributed by atoms with Crippen LogP contribution in [0.15, 0.2) is 29.4 Å². The van der Waals surface area contributed by atoms with Gasteiger partial charge in [-0.15, -0.1) is 0 Å². The standard InChI is InChI=1S/C15H21N3O2/c1-12(17-20)13-6-8-14(9-7-13)16-15(19)18-10-4-2-3-5-11-18/h6-9,20H,2-5,10-11H2,1H3,(H,16,19). The van der Waals surface area contributed by atoms with E-state index in [1.165, 1.54) is 12.8 Å². The fourth-order valence-corrected chi connectivity index (χ4v) is 2.33. The molecule has 1 aliphatic rings. The Morgan fingerprint density at radius 2 is 1.75 bits per heavy atom. The number of carbonyl (C=O) groups excluding carboxylic acids is 1. The average molecular weight is 275 g/mol. The lowest BCUT2D eigenvalue weighted by atomic mass is 10.1. The van der Waals surface area contributed by atoms with Crippen LogP contribution in [0.5, 0.6) is 0 Å². The van der Waals surface area contributed by atoms with Gasteiger partial charge in [0.25, 0.3) is 0 Å². The molecule has 2 amide bonds. The Hall–Kier alpha value is -2.04. The van der Waals surface area contributed by atoms with E-state index in [9.17, 15) is 4.79 Å². The van der Waals surface area contributed by atoms with E-state index in [1.54, 1.807) is 6.92 Å². The molecule has 0 saturated carbocycles. The van der Waals surface area contributed by atoms with Crippen LogP contribution in [0.4, 0.5) is 10.5 Å². The maximum absolute atomic E-state index is 12.1. The topological polar surface area (TPSA) is 64.9 Å². The van der Waals surface area contributed by atoms with E-state index in [0.717, 1.165) is 37.2 Å². The predicted octanol–water partition coefficient (Wildman–Crippen LogP) is 3.29. The van der Waals surface area contributed by atoms with Crippen LogP contribution in [0.2, 0.25) is 0 Å². The van der Waals surface area contributed by atoms with Gasteiger partial charge in [0.15, 0.2) is 0 Å². The lowest BCUT2D eigenvalue weighted by Crippen LogP contribution is -2.35. The second-order valence-corrected chi connectivity index (χ2v) is 5.09. The largest absolute Gasteiger partial charge is 0.411 e. The van der Waals surface area contributed by atoms with Crippen LogP contribution in [-0.2, 0) is 0 Å². The van der Waals surface area contributed by atoms with Gasteiger partial charge in [-0.1, -0.05) is 30.1 Å². The minimum absolute atomic E-state index is 0.0350. The van der Waals surface area contributed by atoms with Crippen LogP contribution in [0.25, 0.3) is 0 Å². The normalized spacial score (nSPS) is 16.6. The number of rotatable bonds is 2. The quantitative estimate of drug-likeness (QED) is 0.494. The highest BCUT2D eigenvalue weighted by molar-refractivity contribution is 5.99. The van der Waals surface area contributed by atoms with E-state index in [4.69, 9.17) is 5.21 Å². The van der Waals surface area contributed by atoms with Gasteiger partial charge in [0.2, 0.25) is 0 Å². The van der Waals surface area contributed by atoms with Crippen LogP contribution in [0.1, 0.15) is 38.2 Å². The molecule has 5 heteroatoms. The molecule has 1 aliphatic heterocycles. The number of nitrogens with zero attached hydrogens (tertiary/aromatic N) is 2. The lowest BCUT2D eigenvalue weighted by molar-refractivity contribution is 0.214. The van der Waals surface area contributed by atoms with Crippen molar-refractivity contribution in [3.63, 3.8) is 0 Å². The Bertz CT molecular complexity index is 474. The Morgan fingerprint density at radius 3 is 2.30 bits per heavy atom. The highest BCUT2D eigenvalue weighted by Crippen LogP contribution is 2.14. The summed E-state index contributed by atoms with van der Waals surface area (Å²) in [5.74, 6) is 0. The summed E-state index contributed by atoms with van der Waals surface area (Å²) < 4.78 is 0. The van der Waals surface area contributed by atoms with E-state index >= 15 is 0 Å². The zero-order valence-electron chi connectivity index (χ0n) is 11.8. The van der Waals surface area contributed by atoms with E-state index in [1.807, 2.05) is 29.2 Å². The number of hydrogen-bond acceptors (Lipinski definition) is 3. The molecule has 1 saturated heterocycles. The molecule has 0 atom stereocenters. The Morgan fingerprint density at radius 1 is 1.15 bits per heavy atom. The molecule has 1 fully saturated rings. The van der Waals surface area contributed by atoms with Gasteiger partial charge in [-0.3, -0.25) is 0 Å². The van der Waals surface area contributed by atoms with E-state index in [2.05, 4.69) is 10.5 Å². The van der Waals surface area contributed by atoms with Crippen molar-refractivity contribution >= 4 is 17.4 Å². The van der Waals surface area contributed by atoms with Gasteiger partial charge in [0, 0.05) is 18.8 Å². The number of urea groups is 1. The third-order valence-corrected chi connectivity index (χ3v) is 3.60. The number of hydrogen-bond donors (Lipinski definition) is 2. The summed E-state index contributed by atoms with van der Waals surface area (Å²) in [6, 6.07) is 7.26. The van der Waals surface area contributed by atoms with Crippen LogP contribution in [0, 0.1) is 0 Å². The third-order valence-electron chi connectivity index (χ3n) is 3.60. The lowest BCUT2D eigenvalue weighted by Gasteiger charge is -2.20. The van der Waals surface area contributed by atoms with E-state index in [-0.39, 0.29) is 6.03 Å².